The lowest BCUT2D eigenvalue weighted by Crippen LogP contribution is -2.28. The summed E-state index contributed by atoms with van der Waals surface area (Å²) in [6, 6.07) is 10.7. The van der Waals surface area contributed by atoms with Crippen molar-refractivity contribution in [1.29, 1.82) is 5.41 Å². The molecule has 0 saturated carbocycles. The van der Waals surface area contributed by atoms with Gasteiger partial charge in [-0.05, 0) is 48.2 Å². The second-order valence-electron chi connectivity index (χ2n) is 5.48. The lowest BCUT2D eigenvalue weighted by molar-refractivity contribution is -0.113. The predicted molar refractivity (Wildman–Crippen MR) is 104 cm³/mol. The normalized spacial score (nSPS) is 17.3. The highest BCUT2D eigenvalue weighted by molar-refractivity contribution is 9.10. The molecule has 1 N–H and O–H groups in total. The molecule has 1 saturated heterocycles. The average Bonchev–Trinajstić information content (AvgIpc) is 3.19. The van der Waals surface area contributed by atoms with Gasteiger partial charge in [0.1, 0.15) is 5.75 Å². The molecule has 2 aliphatic heterocycles. The standard InChI is InChI=1S/C18H13BrN2O4S/c1-23-13-4-2-11(19)6-10(13)7-16-17(22)21(18(20)26-16)12-3-5-14-15(8-12)25-9-24-14/h2-8,20H,9H2,1H3/b16-7-,20-18?. The van der Waals surface area contributed by atoms with Gasteiger partial charge in [0.15, 0.2) is 16.7 Å². The summed E-state index contributed by atoms with van der Waals surface area (Å²) in [4.78, 5) is 14.7. The van der Waals surface area contributed by atoms with Crippen molar-refractivity contribution < 1.29 is 19.0 Å². The molecule has 132 valence electrons. The van der Waals surface area contributed by atoms with Crippen LogP contribution in [0, 0.1) is 5.41 Å². The first-order chi connectivity index (χ1) is 12.6. The van der Waals surface area contributed by atoms with Gasteiger partial charge < -0.3 is 14.2 Å². The van der Waals surface area contributed by atoms with E-state index in [0.717, 1.165) is 21.8 Å². The summed E-state index contributed by atoms with van der Waals surface area (Å²) in [5.41, 5.74) is 1.33. The van der Waals surface area contributed by atoms with Gasteiger partial charge in [-0.2, -0.15) is 0 Å². The van der Waals surface area contributed by atoms with E-state index in [4.69, 9.17) is 19.6 Å². The molecule has 0 aliphatic carbocycles. The predicted octanol–water partition coefficient (Wildman–Crippen LogP) is 4.24. The van der Waals surface area contributed by atoms with Crippen LogP contribution in [0.4, 0.5) is 5.69 Å². The highest BCUT2D eigenvalue weighted by atomic mass is 79.9. The monoisotopic (exact) mass is 432 g/mol. The molecular formula is C18H13BrN2O4S. The maximum atomic E-state index is 12.9. The maximum Gasteiger partial charge on any atom is 0.271 e. The molecule has 0 atom stereocenters. The number of amidine groups is 1. The van der Waals surface area contributed by atoms with Crippen molar-refractivity contribution in [2.45, 2.75) is 0 Å². The Labute approximate surface area is 162 Å². The molecule has 0 radical (unpaired) electrons. The fourth-order valence-corrected chi connectivity index (χ4v) is 3.94. The van der Waals surface area contributed by atoms with Gasteiger partial charge >= 0.3 is 0 Å². The van der Waals surface area contributed by atoms with Crippen molar-refractivity contribution in [2.24, 2.45) is 0 Å². The number of fused-ring (bicyclic) bond motifs is 1. The number of nitrogens with one attached hydrogen (secondary N) is 1. The number of nitrogens with zero attached hydrogens (tertiary/aromatic N) is 1. The van der Waals surface area contributed by atoms with Crippen molar-refractivity contribution in [1.82, 2.24) is 0 Å². The van der Waals surface area contributed by atoms with E-state index in [1.165, 1.54) is 4.90 Å². The van der Waals surface area contributed by atoms with E-state index in [1.807, 2.05) is 18.2 Å². The first kappa shape index (κ1) is 17.0. The molecule has 6 nitrogen and oxygen atoms in total. The Morgan fingerprint density at radius 1 is 1.23 bits per heavy atom. The van der Waals surface area contributed by atoms with Crippen molar-refractivity contribution in [3.63, 3.8) is 0 Å². The highest BCUT2D eigenvalue weighted by Gasteiger charge is 2.34. The number of carbonyl (C=O) groups is 1. The zero-order valence-electron chi connectivity index (χ0n) is 13.6. The van der Waals surface area contributed by atoms with Crippen LogP contribution < -0.4 is 19.1 Å². The molecule has 8 heteroatoms. The average molecular weight is 433 g/mol. The van der Waals surface area contributed by atoms with E-state index >= 15 is 0 Å². The third kappa shape index (κ3) is 2.95. The maximum absolute atomic E-state index is 12.9. The van der Waals surface area contributed by atoms with Gasteiger partial charge in [0.25, 0.3) is 5.91 Å². The number of benzene rings is 2. The topological polar surface area (TPSA) is 71.8 Å². The van der Waals surface area contributed by atoms with Crippen LogP contribution in [-0.2, 0) is 4.79 Å². The zero-order valence-corrected chi connectivity index (χ0v) is 16.0. The van der Waals surface area contributed by atoms with Gasteiger partial charge in [-0.3, -0.25) is 15.1 Å². The lowest BCUT2D eigenvalue weighted by Gasteiger charge is -2.14. The van der Waals surface area contributed by atoms with Gasteiger partial charge in [-0.25, -0.2) is 0 Å². The molecule has 0 spiro atoms. The minimum atomic E-state index is -0.263. The summed E-state index contributed by atoms with van der Waals surface area (Å²) in [6.45, 7) is 0.159. The van der Waals surface area contributed by atoms with Crippen LogP contribution in [0.15, 0.2) is 45.8 Å². The fraction of sp³-hybridized carbons (Fsp3) is 0.111. The van der Waals surface area contributed by atoms with Crippen LogP contribution in [0.2, 0.25) is 0 Å². The van der Waals surface area contributed by atoms with Crippen LogP contribution in [0.1, 0.15) is 5.56 Å². The van der Waals surface area contributed by atoms with Crippen molar-refractivity contribution >= 4 is 50.5 Å². The molecule has 2 heterocycles. The Balaban J connectivity index is 1.69. The summed E-state index contributed by atoms with van der Waals surface area (Å²) in [5, 5.41) is 8.36. The summed E-state index contributed by atoms with van der Waals surface area (Å²) < 4.78 is 16.9. The first-order valence-electron chi connectivity index (χ1n) is 7.62. The minimum absolute atomic E-state index is 0.133. The first-order valence-corrected chi connectivity index (χ1v) is 9.23. The summed E-state index contributed by atoms with van der Waals surface area (Å²) in [7, 11) is 1.58. The number of halogens is 1. The molecule has 0 bridgehead atoms. The SMILES string of the molecule is COc1ccc(Br)cc1/C=C1\SC(=N)N(c2ccc3c(c2)OCO3)C1=O. The van der Waals surface area contributed by atoms with E-state index in [1.54, 1.807) is 31.4 Å². The molecule has 26 heavy (non-hydrogen) atoms. The van der Waals surface area contributed by atoms with Crippen LogP contribution in [0.5, 0.6) is 17.2 Å². The van der Waals surface area contributed by atoms with E-state index in [2.05, 4.69) is 15.9 Å². The number of hydrogen-bond acceptors (Lipinski definition) is 6. The second kappa shape index (κ2) is 6.69. The number of ether oxygens (including phenoxy) is 3. The summed E-state index contributed by atoms with van der Waals surface area (Å²) in [6.07, 6.45) is 1.73. The Morgan fingerprint density at radius 3 is 2.85 bits per heavy atom. The van der Waals surface area contributed by atoms with Crippen LogP contribution in [0.3, 0.4) is 0 Å². The Hall–Kier alpha value is -2.45. The molecule has 0 unspecified atom stereocenters. The van der Waals surface area contributed by atoms with Crippen LogP contribution in [0.25, 0.3) is 6.08 Å². The summed E-state index contributed by atoms with van der Waals surface area (Å²) in [5.74, 6) is 1.59. The third-order valence-corrected chi connectivity index (χ3v) is 5.30. The molecule has 1 amide bonds. The van der Waals surface area contributed by atoms with Gasteiger partial charge in [-0.15, -0.1) is 0 Å². The molecule has 2 aromatic rings. The molecule has 4 rings (SSSR count). The van der Waals surface area contributed by atoms with Crippen LogP contribution in [-0.4, -0.2) is 25.0 Å². The Morgan fingerprint density at radius 2 is 2.04 bits per heavy atom. The molecule has 2 aromatic carbocycles. The van der Waals surface area contributed by atoms with E-state index < -0.39 is 0 Å². The number of methoxy groups -OCH3 is 1. The zero-order chi connectivity index (χ0) is 18.3. The molecule has 0 aromatic heterocycles. The number of rotatable bonds is 3. The van der Waals surface area contributed by atoms with E-state index in [-0.39, 0.29) is 17.9 Å². The Kier molecular flexibility index (Phi) is 4.37. The number of carbonyl (C=O) groups excluding carboxylic acids is 1. The molecular weight excluding hydrogens is 420 g/mol. The number of anilines is 1. The van der Waals surface area contributed by atoms with E-state index in [9.17, 15) is 4.79 Å². The van der Waals surface area contributed by atoms with Gasteiger partial charge in [0.05, 0.1) is 17.7 Å². The van der Waals surface area contributed by atoms with Crippen molar-refractivity contribution in [3.05, 3.63) is 51.3 Å². The van der Waals surface area contributed by atoms with Crippen molar-refractivity contribution in [3.8, 4) is 17.2 Å². The highest BCUT2D eigenvalue weighted by Crippen LogP contribution is 2.41. The number of amides is 1. The smallest absolute Gasteiger partial charge is 0.271 e. The van der Waals surface area contributed by atoms with Gasteiger partial charge in [-0.1, -0.05) is 15.9 Å². The Bertz CT molecular complexity index is 960. The van der Waals surface area contributed by atoms with Gasteiger partial charge in [0.2, 0.25) is 6.79 Å². The van der Waals surface area contributed by atoms with Crippen LogP contribution >= 0.6 is 27.7 Å². The summed E-state index contributed by atoms with van der Waals surface area (Å²) >= 11 is 4.53. The molecule has 2 aliphatic rings. The number of hydrogen-bond donors (Lipinski definition) is 1. The van der Waals surface area contributed by atoms with Gasteiger partial charge in [0, 0.05) is 16.1 Å². The van der Waals surface area contributed by atoms with Crippen molar-refractivity contribution in [2.75, 3.05) is 18.8 Å². The quantitative estimate of drug-likeness (QED) is 0.734. The third-order valence-electron chi connectivity index (χ3n) is 3.92. The fourth-order valence-electron chi connectivity index (χ4n) is 2.71. The molecule has 1 fully saturated rings. The largest absolute Gasteiger partial charge is 0.496 e. The number of thioether (sulfide) groups is 1. The second-order valence-corrected chi connectivity index (χ2v) is 7.43. The van der Waals surface area contributed by atoms with E-state index in [0.29, 0.717) is 27.8 Å². The lowest BCUT2D eigenvalue weighted by atomic mass is 10.2. The minimum Gasteiger partial charge on any atom is -0.496 e.